The highest BCUT2D eigenvalue weighted by atomic mass is 32.2. The SMILES string of the molecule is CCCC(=O)N(C)C(=O)ON=C1SCCN(C)C1=O. The van der Waals surface area contributed by atoms with Crippen LogP contribution in [0.5, 0.6) is 0 Å². The molecule has 8 heteroatoms. The lowest BCUT2D eigenvalue weighted by atomic mass is 10.3. The summed E-state index contributed by atoms with van der Waals surface area (Å²) in [4.78, 5) is 41.6. The molecule has 0 aromatic carbocycles. The number of oxime groups is 1. The van der Waals surface area contributed by atoms with Gasteiger partial charge < -0.3 is 4.90 Å². The van der Waals surface area contributed by atoms with E-state index in [1.165, 1.54) is 23.7 Å². The van der Waals surface area contributed by atoms with Crippen LogP contribution in [0.1, 0.15) is 19.8 Å². The summed E-state index contributed by atoms with van der Waals surface area (Å²) < 4.78 is 0. The fraction of sp³-hybridized carbons (Fsp3) is 0.636. The zero-order chi connectivity index (χ0) is 14.4. The molecule has 0 radical (unpaired) electrons. The van der Waals surface area contributed by atoms with Gasteiger partial charge in [-0.15, -0.1) is 0 Å². The third-order valence-corrected chi connectivity index (χ3v) is 3.42. The van der Waals surface area contributed by atoms with Crippen molar-refractivity contribution in [1.82, 2.24) is 9.80 Å². The van der Waals surface area contributed by atoms with Gasteiger partial charge in [0.2, 0.25) is 11.0 Å². The van der Waals surface area contributed by atoms with Crippen LogP contribution in [0.15, 0.2) is 5.16 Å². The maximum Gasteiger partial charge on any atom is 0.442 e. The predicted molar refractivity (Wildman–Crippen MR) is 71.7 cm³/mol. The largest absolute Gasteiger partial charge is 0.442 e. The molecule has 0 atom stereocenters. The van der Waals surface area contributed by atoms with Crippen LogP contribution >= 0.6 is 11.8 Å². The summed E-state index contributed by atoms with van der Waals surface area (Å²) in [7, 11) is 2.97. The lowest BCUT2D eigenvalue weighted by Gasteiger charge is -2.22. The third-order valence-electron chi connectivity index (χ3n) is 2.51. The van der Waals surface area contributed by atoms with Crippen LogP contribution in [-0.2, 0) is 14.4 Å². The van der Waals surface area contributed by atoms with Crippen molar-refractivity contribution < 1.29 is 19.2 Å². The number of rotatable bonds is 3. The van der Waals surface area contributed by atoms with Crippen LogP contribution in [0.25, 0.3) is 0 Å². The second kappa shape index (κ2) is 7.13. The molecular weight excluding hydrogens is 270 g/mol. The van der Waals surface area contributed by atoms with E-state index in [1.54, 1.807) is 7.05 Å². The molecule has 1 aliphatic rings. The first-order chi connectivity index (χ1) is 8.97. The van der Waals surface area contributed by atoms with E-state index < -0.39 is 6.09 Å². The van der Waals surface area contributed by atoms with E-state index in [0.29, 0.717) is 18.7 Å². The fourth-order valence-electron chi connectivity index (χ4n) is 1.30. The van der Waals surface area contributed by atoms with Crippen LogP contribution in [-0.4, -0.2) is 59.1 Å². The third kappa shape index (κ3) is 4.23. The summed E-state index contributed by atoms with van der Waals surface area (Å²) in [5.74, 6) is 0.0717. The molecule has 7 nitrogen and oxygen atoms in total. The van der Waals surface area contributed by atoms with E-state index in [9.17, 15) is 14.4 Å². The normalized spacial score (nSPS) is 17.5. The van der Waals surface area contributed by atoms with Crippen molar-refractivity contribution in [2.24, 2.45) is 5.16 Å². The summed E-state index contributed by atoms with van der Waals surface area (Å²) in [5, 5.41) is 3.65. The first kappa shape index (κ1) is 15.5. The Morgan fingerprint density at radius 1 is 1.53 bits per heavy atom. The Balaban J connectivity index is 2.57. The predicted octanol–water partition coefficient (Wildman–Crippen LogP) is 0.900. The van der Waals surface area contributed by atoms with E-state index in [1.807, 2.05) is 6.92 Å². The quantitative estimate of drug-likeness (QED) is 0.569. The summed E-state index contributed by atoms with van der Waals surface area (Å²) in [6.07, 6.45) is 0.0236. The van der Waals surface area contributed by atoms with Gasteiger partial charge in [-0.05, 0) is 6.42 Å². The van der Waals surface area contributed by atoms with Gasteiger partial charge in [-0.25, -0.2) is 9.69 Å². The minimum atomic E-state index is -0.882. The first-order valence-electron chi connectivity index (χ1n) is 5.91. The lowest BCUT2D eigenvalue weighted by Crippen LogP contribution is -2.39. The maximum atomic E-state index is 11.6. The summed E-state index contributed by atoms with van der Waals surface area (Å²) >= 11 is 1.23. The van der Waals surface area contributed by atoms with Crippen molar-refractivity contribution in [3.8, 4) is 0 Å². The summed E-state index contributed by atoms with van der Waals surface area (Å²) in [6.45, 7) is 2.47. The Bertz CT molecular complexity index is 411. The number of carbonyl (C=O) groups is 3. The highest BCUT2D eigenvalue weighted by molar-refractivity contribution is 8.15. The molecule has 19 heavy (non-hydrogen) atoms. The van der Waals surface area contributed by atoms with Gasteiger partial charge in [0.15, 0.2) is 0 Å². The molecule has 0 aliphatic carbocycles. The molecular formula is C11H17N3O4S. The zero-order valence-electron chi connectivity index (χ0n) is 11.2. The molecule has 3 amide bonds. The van der Waals surface area contributed by atoms with Crippen LogP contribution < -0.4 is 0 Å². The summed E-state index contributed by atoms with van der Waals surface area (Å²) in [6, 6.07) is 0. The van der Waals surface area contributed by atoms with Crippen molar-refractivity contribution in [3.63, 3.8) is 0 Å². The molecule has 1 aliphatic heterocycles. The minimum Gasteiger partial charge on any atom is -0.339 e. The van der Waals surface area contributed by atoms with E-state index in [4.69, 9.17) is 0 Å². The molecule has 0 aromatic rings. The van der Waals surface area contributed by atoms with Crippen LogP contribution in [0.4, 0.5) is 4.79 Å². The van der Waals surface area contributed by atoms with Gasteiger partial charge in [0, 0.05) is 32.8 Å². The average molecular weight is 287 g/mol. The van der Waals surface area contributed by atoms with Crippen molar-refractivity contribution in [3.05, 3.63) is 0 Å². The fourth-order valence-corrected chi connectivity index (χ4v) is 2.22. The van der Waals surface area contributed by atoms with Gasteiger partial charge in [-0.2, -0.15) is 0 Å². The highest BCUT2D eigenvalue weighted by Crippen LogP contribution is 2.13. The second-order valence-corrected chi connectivity index (χ2v) is 5.12. The van der Waals surface area contributed by atoms with Gasteiger partial charge in [-0.3, -0.25) is 14.4 Å². The monoisotopic (exact) mass is 287 g/mol. The summed E-state index contributed by atoms with van der Waals surface area (Å²) in [5.41, 5.74) is 0. The van der Waals surface area contributed by atoms with Gasteiger partial charge in [0.1, 0.15) is 0 Å². The van der Waals surface area contributed by atoms with Gasteiger partial charge in [0.05, 0.1) is 0 Å². The smallest absolute Gasteiger partial charge is 0.339 e. The Hall–Kier alpha value is -1.57. The van der Waals surface area contributed by atoms with E-state index in [2.05, 4.69) is 9.99 Å². The van der Waals surface area contributed by atoms with Gasteiger partial charge >= 0.3 is 6.09 Å². The zero-order valence-corrected chi connectivity index (χ0v) is 12.0. The Morgan fingerprint density at radius 2 is 2.21 bits per heavy atom. The van der Waals surface area contributed by atoms with E-state index >= 15 is 0 Å². The molecule has 0 bridgehead atoms. The topological polar surface area (TPSA) is 79.3 Å². The molecule has 1 fully saturated rings. The first-order valence-corrected chi connectivity index (χ1v) is 6.89. The Labute approximate surface area is 115 Å². The average Bonchev–Trinajstić information content (AvgIpc) is 2.39. The molecule has 106 valence electrons. The number of imide groups is 1. The van der Waals surface area contributed by atoms with Crippen molar-refractivity contribution in [1.29, 1.82) is 0 Å². The Morgan fingerprint density at radius 3 is 2.84 bits per heavy atom. The molecule has 1 saturated heterocycles. The number of hydrogen-bond donors (Lipinski definition) is 0. The highest BCUT2D eigenvalue weighted by Gasteiger charge is 2.24. The van der Waals surface area contributed by atoms with Crippen LogP contribution in [0, 0.1) is 0 Å². The number of hydrogen-bond acceptors (Lipinski definition) is 6. The molecule has 1 heterocycles. The van der Waals surface area contributed by atoms with Crippen molar-refractivity contribution in [2.75, 3.05) is 26.4 Å². The van der Waals surface area contributed by atoms with Crippen molar-refractivity contribution >= 4 is 34.7 Å². The molecule has 0 N–H and O–H groups in total. The number of amides is 3. The van der Waals surface area contributed by atoms with Crippen LogP contribution in [0.2, 0.25) is 0 Å². The lowest BCUT2D eigenvalue weighted by molar-refractivity contribution is -0.128. The van der Waals surface area contributed by atoms with Crippen molar-refractivity contribution in [2.45, 2.75) is 19.8 Å². The molecule has 0 saturated carbocycles. The Kier molecular flexibility index (Phi) is 5.81. The number of thioether (sulfide) groups is 1. The molecule has 0 aromatic heterocycles. The maximum absolute atomic E-state index is 11.6. The van der Waals surface area contributed by atoms with Gasteiger partial charge in [0.25, 0.3) is 5.91 Å². The van der Waals surface area contributed by atoms with Gasteiger partial charge in [-0.1, -0.05) is 23.8 Å². The molecule has 1 rings (SSSR count). The van der Waals surface area contributed by atoms with Crippen LogP contribution in [0.3, 0.4) is 0 Å². The minimum absolute atomic E-state index is 0.124. The standard InChI is InChI=1S/C11H17N3O4S/c1-4-5-8(15)14(3)11(17)18-12-9-10(16)13(2)6-7-19-9/h4-7H2,1-3H3. The molecule has 0 spiro atoms. The van der Waals surface area contributed by atoms with E-state index in [0.717, 1.165) is 4.90 Å². The number of nitrogens with zero attached hydrogens (tertiary/aromatic N) is 3. The molecule has 0 unspecified atom stereocenters. The number of carbonyl (C=O) groups excluding carboxylic acids is 3. The second-order valence-electron chi connectivity index (χ2n) is 4.03. The van der Waals surface area contributed by atoms with E-state index in [-0.39, 0.29) is 23.3 Å².